The minimum atomic E-state index is -0.496. The Morgan fingerprint density at radius 3 is 2.73 bits per heavy atom. The molecule has 2 aliphatic carbocycles. The Labute approximate surface area is 129 Å². The number of Topliss-reactive ketones (excluding diaryl/α,β-unsaturated/α-hetero) is 1. The molecule has 0 amide bonds. The van der Waals surface area contributed by atoms with Crippen LogP contribution in [0.1, 0.15) is 41.1 Å². The Balaban J connectivity index is 1.69. The quantitative estimate of drug-likeness (QED) is 0.744. The van der Waals surface area contributed by atoms with Gasteiger partial charge in [0.15, 0.2) is 11.6 Å². The summed E-state index contributed by atoms with van der Waals surface area (Å²) in [6, 6.07) is 12.5. The van der Waals surface area contributed by atoms with E-state index in [1.807, 2.05) is 12.1 Å². The van der Waals surface area contributed by atoms with E-state index in [0.29, 0.717) is 25.6 Å². The number of ether oxygens (including phenoxy) is 2. The summed E-state index contributed by atoms with van der Waals surface area (Å²) < 4.78 is 11.9. The molecule has 0 unspecified atom stereocenters. The van der Waals surface area contributed by atoms with E-state index < -0.39 is 5.79 Å². The van der Waals surface area contributed by atoms with Gasteiger partial charge in [0.2, 0.25) is 0 Å². The maximum absolute atomic E-state index is 12.9. The molecule has 0 aromatic heterocycles. The molecular weight excluding hydrogens is 276 g/mol. The highest BCUT2D eigenvalue weighted by Crippen LogP contribution is 2.55. The van der Waals surface area contributed by atoms with Crippen LogP contribution in [0.15, 0.2) is 36.4 Å². The normalized spacial score (nSPS) is 29.0. The van der Waals surface area contributed by atoms with Crippen LogP contribution in [-0.2, 0) is 9.47 Å². The number of ketones is 1. The van der Waals surface area contributed by atoms with E-state index in [1.165, 1.54) is 5.56 Å². The monoisotopic (exact) mass is 294 g/mol. The Morgan fingerprint density at radius 1 is 1.05 bits per heavy atom. The molecule has 5 rings (SSSR count). The summed E-state index contributed by atoms with van der Waals surface area (Å²) in [4.78, 5) is 12.9. The van der Waals surface area contributed by atoms with Gasteiger partial charge in [-0.15, -0.1) is 0 Å². The molecule has 22 heavy (non-hydrogen) atoms. The topological polar surface area (TPSA) is 35.5 Å². The molecule has 1 spiro atoms. The third-order valence-electron chi connectivity index (χ3n) is 5.68. The van der Waals surface area contributed by atoms with E-state index in [1.54, 1.807) is 0 Å². The first-order chi connectivity index (χ1) is 10.8. The fourth-order valence-electron chi connectivity index (χ4n) is 4.76. The second kappa shape index (κ2) is 4.40. The Hall–Kier alpha value is -1.71. The van der Waals surface area contributed by atoms with Crippen LogP contribution < -0.4 is 0 Å². The SMILES string of the molecule is O=C1C[C@H]2[C@H](CCC23OCCO3)c2ccc3ccccc3c21. The highest BCUT2D eigenvalue weighted by Gasteiger charge is 2.56. The van der Waals surface area contributed by atoms with Gasteiger partial charge in [-0.25, -0.2) is 0 Å². The van der Waals surface area contributed by atoms with Gasteiger partial charge in [0.1, 0.15) is 0 Å². The van der Waals surface area contributed by atoms with Crippen molar-refractivity contribution in [1.29, 1.82) is 0 Å². The number of hydrogen-bond acceptors (Lipinski definition) is 3. The molecule has 3 heteroatoms. The molecule has 112 valence electrons. The summed E-state index contributed by atoms with van der Waals surface area (Å²) in [5.41, 5.74) is 2.14. The van der Waals surface area contributed by atoms with E-state index in [2.05, 4.69) is 24.3 Å². The molecule has 0 N–H and O–H groups in total. The zero-order valence-electron chi connectivity index (χ0n) is 12.4. The lowest BCUT2D eigenvalue weighted by atomic mass is 9.73. The summed E-state index contributed by atoms with van der Waals surface area (Å²) in [6.45, 7) is 1.31. The zero-order chi connectivity index (χ0) is 14.7. The smallest absolute Gasteiger partial charge is 0.172 e. The second-order valence-electron chi connectivity index (χ2n) is 6.64. The average molecular weight is 294 g/mol. The van der Waals surface area contributed by atoms with Gasteiger partial charge in [-0.2, -0.15) is 0 Å². The standard InChI is InChI=1S/C19H18O3/c20-17-11-16-14(7-8-19(16)21-9-10-22-19)15-6-5-12-3-1-2-4-13(12)18(15)17/h1-6,14,16H,7-11H2/t14-,16+/m1/s1. The lowest BCUT2D eigenvalue weighted by molar-refractivity contribution is -0.182. The van der Waals surface area contributed by atoms with Crippen molar-refractivity contribution in [3.8, 4) is 0 Å². The van der Waals surface area contributed by atoms with Crippen molar-refractivity contribution in [2.45, 2.75) is 31.0 Å². The maximum Gasteiger partial charge on any atom is 0.172 e. The minimum absolute atomic E-state index is 0.177. The van der Waals surface area contributed by atoms with Crippen LogP contribution in [-0.4, -0.2) is 24.8 Å². The first-order valence-corrected chi connectivity index (χ1v) is 8.11. The molecule has 2 fully saturated rings. The van der Waals surface area contributed by atoms with Crippen LogP contribution in [0, 0.1) is 5.92 Å². The average Bonchev–Trinajstić information content (AvgIpc) is 3.16. The highest BCUT2D eigenvalue weighted by atomic mass is 16.7. The zero-order valence-corrected chi connectivity index (χ0v) is 12.4. The second-order valence-corrected chi connectivity index (χ2v) is 6.64. The van der Waals surface area contributed by atoms with Crippen molar-refractivity contribution in [1.82, 2.24) is 0 Å². The van der Waals surface area contributed by atoms with Gasteiger partial charge in [-0.05, 0) is 28.7 Å². The third-order valence-corrected chi connectivity index (χ3v) is 5.68. The molecular formula is C19H18O3. The molecule has 0 radical (unpaired) electrons. The van der Waals surface area contributed by atoms with Crippen LogP contribution in [0.2, 0.25) is 0 Å². The summed E-state index contributed by atoms with van der Waals surface area (Å²) in [5, 5.41) is 2.24. The number of carbonyl (C=O) groups is 1. The fourth-order valence-corrected chi connectivity index (χ4v) is 4.76. The highest BCUT2D eigenvalue weighted by molar-refractivity contribution is 6.10. The first-order valence-electron chi connectivity index (χ1n) is 8.11. The molecule has 1 aliphatic heterocycles. The Morgan fingerprint density at radius 2 is 1.86 bits per heavy atom. The van der Waals surface area contributed by atoms with Gasteiger partial charge < -0.3 is 9.47 Å². The van der Waals surface area contributed by atoms with Gasteiger partial charge in [-0.3, -0.25) is 4.79 Å². The predicted molar refractivity (Wildman–Crippen MR) is 83.0 cm³/mol. The van der Waals surface area contributed by atoms with Gasteiger partial charge in [0.05, 0.1) is 13.2 Å². The van der Waals surface area contributed by atoms with Crippen molar-refractivity contribution in [2.24, 2.45) is 5.92 Å². The lowest BCUT2D eigenvalue weighted by Gasteiger charge is -2.35. The number of benzene rings is 2. The van der Waals surface area contributed by atoms with E-state index in [4.69, 9.17) is 9.47 Å². The number of hydrogen-bond donors (Lipinski definition) is 0. The van der Waals surface area contributed by atoms with Gasteiger partial charge >= 0.3 is 0 Å². The van der Waals surface area contributed by atoms with Crippen molar-refractivity contribution in [2.75, 3.05) is 13.2 Å². The Bertz CT molecular complexity index is 773. The summed E-state index contributed by atoms with van der Waals surface area (Å²) in [5.74, 6) is 0.309. The molecule has 1 saturated heterocycles. The van der Waals surface area contributed by atoms with Gasteiger partial charge in [-0.1, -0.05) is 36.4 Å². The lowest BCUT2D eigenvalue weighted by Crippen LogP contribution is -2.39. The predicted octanol–water partition coefficient (Wildman–Crippen LogP) is 3.66. The van der Waals surface area contributed by atoms with Crippen LogP contribution >= 0.6 is 0 Å². The number of rotatable bonds is 0. The molecule has 2 aromatic rings. The summed E-state index contributed by atoms with van der Waals surface area (Å²) >= 11 is 0. The van der Waals surface area contributed by atoms with Crippen molar-refractivity contribution >= 4 is 16.6 Å². The molecule has 3 nitrogen and oxygen atoms in total. The molecule has 2 atom stereocenters. The fraction of sp³-hybridized carbons (Fsp3) is 0.421. The van der Waals surface area contributed by atoms with Gasteiger partial charge in [0.25, 0.3) is 0 Å². The van der Waals surface area contributed by atoms with Crippen LogP contribution in [0.25, 0.3) is 10.8 Å². The summed E-state index contributed by atoms with van der Waals surface area (Å²) in [6.07, 6.45) is 2.50. The van der Waals surface area contributed by atoms with E-state index in [-0.39, 0.29) is 11.7 Å². The van der Waals surface area contributed by atoms with Crippen LogP contribution in [0.5, 0.6) is 0 Å². The molecule has 3 aliphatic rings. The number of carbonyl (C=O) groups excluding carboxylic acids is 1. The van der Waals surface area contributed by atoms with Crippen LogP contribution in [0.4, 0.5) is 0 Å². The van der Waals surface area contributed by atoms with Crippen molar-refractivity contribution < 1.29 is 14.3 Å². The first kappa shape index (κ1) is 12.8. The van der Waals surface area contributed by atoms with Crippen LogP contribution in [0.3, 0.4) is 0 Å². The molecule has 1 saturated carbocycles. The van der Waals surface area contributed by atoms with Crippen molar-refractivity contribution in [3.05, 3.63) is 47.5 Å². The van der Waals surface area contributed by atoms with Crippen molar-refractivity contribution in [3.63, 3.8) is 0 Å². The molecule has 1 heterocycles. The maximum atomic E-state index is 12.9. The van der Waals surface area contributed by atoms with E-state index in [0.717, 1.165) is 29.2 Å². The van der Waals surface area contributed by atoms with E-state index >= 15 is 0 Å². The summed E-state index contributed by atoms with van der Waals surface area (Å²) in [7, 11) is 0. The molecule has 2 aromatic carbocycles. The van der Waals surface area contributed by atoms with Gasteiger partial charge in [0, 0.05) is 24.3 Å². The Kier molecular flexibility index (Phi) is 2.56. The molecule has 0 bridgehead atoms. The third kappa shape index (κ3) is 1.56. The van der Waals surface area contributed by atoms with E-state index in [9.17, 15) is 4.79 Å². The largest absolute Gasteiger partial charge is 0.347 e. The number of fused-ring (bicyclic) bond motifs is 6. The minimum Gasteiger partial charge on any atom is -0.347 e.